The molecule has 0 radical (unpaired) electrons. The van der Waals surface area contributed by atoms with Gasteiger partial charge < -0.3 is 14.5 Å². The average Bonchev–Trinajstić information content (AvgIpc) is 2.98. The van der Waals surface area contributed by atoms with E-state index < -0.39 is 0 Å². The topological polar surface area (TPSA) is 36.0 Å². The van der Waals surface area contributed by atoms with Gasteiger partial charge in [0.05, 0.1) is 13.2 Å². The third-order valence-corrected chi connectivity index (χ3v) is 4.73. The molecule has 2 saturated heterocycles. The standard InChI is InChI=1S/C16H31N3O2/c1-17(16(20)14-18-7-3-4-8-18)12-15-6-5-9-19(13-15)10-11-21-2/h15H,3-14H2,1-2H3/t15-/m1/s1. The highest BCUT2D eigenvalue weighted by Gasteiger charge is 2.23. The molecule has 0 spiro atoms. The zero-order chi connectivity index (χ0) is 15.1. The van der Waals surface area contributed by atoms with E-state index in [4.69, 9.17) is 4.74 Å². The van der Waals surface area contributed by atoms with Crippen LogP contribution in [0.3, 0.4) is 0 Å². The predicted octanol–water partition coefficient (Wildman–Crippen LogP) is 0.899. The molecule has 2 rings (SSSR count). The lowest BCUT2D eigenvalue weighted by molar-refractivity contribution is -0.131. The summed E-state index contributed by atoms with van der Waals surface area (Å²) in [7, 11) is 3.72. The molecule has 2 heterocycles. The lowest BCUT2D eigenvalue weighted by Gasteiger charge is -2.34. The largest absolute Gasteiger partial charge is 0.383 e. The van der Waals surface area contributed by atoms with Crippen molar-refractivity contribution in [3.63, 3.8) is 0 Å². The van der Waals surface area contributed by atoms with E-state index in [-0.39, 0.29) is 5.91 Å². The number of nitrogens with zero attached hydrogens (tertiary/aromatic N) is 3. The molecule has 0 aliphatic carbocycles. The molecule has 2 aliphatic rings. The molecule has 21 heavy (non-hydrogen) atoms. The smallest absolute Gasteiger partial charge is 0.236 e. The number of likely N-dealkylation sites (tertiary alicyclic amines) is 2. The zero-order valence-electron chi connectivity index (χ0n) is 13.7. The second-order valence-electron chi connectivity index (χ2n) is 6.56. The van der Waals surface area contributed by atoms with Crippen LogP contribution < -0.4 is 0 Å². The molecule has 0 aromatic rings. The van der Waals surface area contributed by atoms with Crippen molar-refractivity contribution < 1.29 is 9.53 Å². The molecule has 2 aliphatic heterocycles. The Morgan fingerprint density at radius 3 is 2.62 bits per heavy atom. The molecule has 2 fully saturated rings. The fraction of sp³-hybridized carbons (Fsp3) is 0.938. The highest BCUT2D eigenvalue weighted by molar-refractivity contribution is 5.78. The van der Waals surface area contributed by atoms with Crippen molar-refractivity contribution in [2.45, 2.75) is 25.7 Å². The summed E-state index contributed by atoms with van der Waals surface area (Å²) in [4.78, 5) is 19.0. The zero-order valence-corrected chi connectivity index (χ0v) is 13.7. The molecule has 5 nitrogen and oxygen atoms in total. The number of methoxy groups -OCH3 is 1. The minimum atomic E-state index is 0.283. The summed E-state index contributed by atoms with van der Waals surface area (Å²) in [6.07, 6.45) is 4.97. The van der Waals surface area contributed by atoms with Crippen LogP contribution in [0.15, 0.2) is 0 Å². The Hall–Kier alpha value is -0.650. The van der Waals surface area contributed by atoms with Crippen LogP contribution in [-0.4, -0.2) is 87.2 Å². The van der Waals surface area contributed by atoms with Gasteiger partial charge in [0.25, 0.3) is 0 Å². The first kappa shape index (κ1) is 16.7. The molecule has 5 heteroatoms. The summed E-state index contributed by atoms with van der Waals surface area (Å²) in [5.74, 6) is 0.897. The van der Waals surface area contributed by atoms with Gasteiger partial charge in [-0.15, -0.1) is 0 Å². The SMILES string of the molecule is COCCN1CCC[C@H](CN(C)C(=O)CN2CCCC2)C1. The van der Waals surface area contributed by atoms with Gasteiger partial charge in [-0.2, -0.15) is 0 Å². The maximum Gasteiger partial charge on any atom is 0.236 e. The Balaban J connectivity index is 1.70. The van der Waals surface area contributed by atoms with E-state index in [9.17, 15) is 4.79 Å². The normalized spacial score (nSPS) is 24.4. The Bertz CT molecular complexity index is 319. The maximum atomic E-state index is 12.3. The van der Waals surface area contributed by atoms with Crippen molar-refractivity contribution in [3.8, 4) is 0 Å². The number of hydrogen-bond donors (Lipinski definition) is 0. The van der Waals surface area contributed by atoms with E-state index in [1.807, 2.05) is 11.9 Å². The molecule has 0 bridgehead atoms. The summed E-state index contributed by atoms with van der Waals surface area (Å²) in [5, 5.41) is 0. The highest BCUT2D eigenvalue weighted by Crippen LogP contribution is 2.17. The van der Waals surface area contributed by atoms with E-state index in [2.05, 4.69) is 9.80 Å². The summed E-state index contributed by atoms with van der Waals surface area (Å²) in [6.45, 7) is 7.78. The van der Waals surface area contributed by atoms with Crippen molar-refractivity contribution in [1.82, 2.24) is 14.7 Å². The van der Waals surface area contributed by atoms with E-state index in [1.165, 1.54) is 32.2 Å². The molecule has 0 aromatic heterocycles. The number of rotatable bonds is 7. The van der Waals surface area contributed by atoms with Gasteiger partial charge in [0.15, 0.2) is 0 Å². The molecular weight excluding hydrogens is 266 g/mol. The number of carbonyl (C=O) groups excluding carboxylic acids is 1. The molecule has 1 atom stereocenters. The molecule has 0 N–H and O–H groups in total. The molecule has 0 aromatic carbocycles. The van der Waals surface area contributed by atoms with E-state index in [1.54, 1.807) is 7.11 Å². The lowest BCUT2D eigenvalue weighted by atomic mass is 9.97. The van der Waals surface area contributed by atoms with Gasteiger partial charge in [-0.1, -0.05) is 0 Å². The quantitative estimate of drug-likeness (QED) is 0.699. The summed E-state index contributed by atoms with van der Waals surface area (Å²) in [6, 6.07) is 0. The molecule has 0 saturated carbocycles. The van der Waals surface area contributed by atoms with Crippen molar-refractivity contribution >= 4 is 5.91 Å². The highest BCUT2D eigenvalue weighted by atomic mass is 16.5. The second-order valence-corrected chi connectivity index (χ2v) is 6.56. The third kappa shape index (κ3) is 5.57. The lowest BCUT2D eigenvalue weighted by Crippen LogP contribution is -2.44. The van der Waals surface area contributed by atoms with Crippen molar-refractivity contribution in [1.29, 1.82) is 0 Å². The van der Waals surface area contributed by atoms with Gasteiger partial charge in [-0.3, -0.25) is 9.69 Å². The molecule has 0 unspecified atom stereocenters. The molecular formula is C16H31N3O2. The van der Waals surface area contributed by atoms with E-state index in [0.29, 0.717) is 12.5 Å². The number of likely N-dealkylation sites (N-methyl/N-ethyl adjacent to an activating group) is 1. The number of carbonyl (C=O) groups is 1. The summed E-state index contributed by atoms with van der Waals surface area (Å²) >= 11 is 0. The van der Waals surface area contributed by atoms with Gasteiger partial charge in [-0.05, 0) is 51.2 Å². The van der Waals surface area contributed by atoms with Gasteiger partial charge in [0.1, 0.15) is 0 Å². The van der Waals surface area contributed by atoms with Crippen LogP contribution in [0.1, 0.15) is 25.7 Å². The Morgan fingerprint density at radius 2 is 1.90 bits per heavy atom. The van der Waals surface area contributed by atoms with Gasteiger partial charge >= 0.3 is 0 Å². The number of amides is 1. The van der Waals surface area contributed by atoms with Crippen LogP contribution in [0.5, 0.6) is 0 Å². The van der Waals surface area contributed by atoms with Crippen LogP contribution in [0.4, 0.5) is 0 Å². The maximum absolute atomic E-state index is 12.3. The van der Waals surface area contributed by atoms with Crippen LogP contribution in [0.25, 0.3) is 0 Å². The van der Waals surface area contributed by atoms with Crippen molar-refractivity contribution in [2.75, 3.05) is 66.6 Å². The van der Waals surface area contributed by atoms with Gasteiger partial charge in [0.2, 0.25) is 5.91 Å². The average molecular weight is 297 g/mol. The Morgan fingerprint density at radius 1 is 1.19 bits per heavy atom. The fourth-order valence-electron chi connectivity index (χ4n) is 3.47. The molecule has 1 amide bonds. The number of hydrogen-bond acceptors (Lipinski definition) is 4. The van der Waals surface area contributed by atoms with E-state index >= 15 is 0 Å². The second kappa shape index (κ2) is 8.71. The van der Waals surface area contributed by atoms with E-state index in [0.717, 1.165) is 39.3 Å². The monoisotopic (exact) mass is 297 g/mol. The van der Waals surface area contributed by atoms with Crippen LogP contribution in [0, 0.1) is 5.92 Å². The van der Waals surface area contributed by atoms with Crippen molar-refractivity contribution in [2.24, 2.45) is 5.92 Å². The Kier molecular flexibility index (Phi) is 6.93. The minimum absolute atomic E-state index is 0.283. The third-order valence-electron chi connectivity index (χ3n) is 4.73. The molecule has 122 valence electrons. The summed E-state index contributed by atoms with van der Waals surface area (Å²) in [5.41, 5.74) is 0. The van der Waals surface area contributed by atoms with Crippen LogP contribution >= 0.6 is 0 Å². The summed E-state index contributed by atoms with van der Waals surface area (Å²) < 4.78 is 5.16. The first-order valence-electron chi connectivity index (χ1n) is 8.36. The number of piperidine rings is 1. The van der Waals surface area contributed by atoms with Crippen LogP contribution in [0.2, 0.25) is 0 Å². The fourth-order valence-corrected chi connectivity index (χ4v) is 3.47. The predicted molar refractivity (Wildman–Crippen MR) is 84.4 cm³/mol. The van der Waals surface area contributed by atoms with Crippen LogP contribution in [-0.2, 0) is 9.53 Å². The van der Waals surface area contributed by atoms with Gasteiger partial charge in [0, 0.05) is 33.8 Å². The minimum Gasteiger partial charge on any atom is -0.383 e. The van der Waals surface area contributed by atoms with Gasteiger partial charge in [-0.25, -0.2) is 0 Å². The van der Waals surface area contributed by atoms with Crippen molar-refractivity contribution in [3.05, 3.63) is 0 Å². The first-order valence-corrected chi connectivity index (χ1v) is 8.36. The number of ether oxygens (including phenoxy) is 1. The Labute approximate surface area is 129 Å². The first-order chi connectivity index (χ1) is 10.2.